The van der Waals surface area contributed by atoms with Crippen LogP contribution in [0.4, 0.5) is 5.69 Å². The second-order valence-electron chi connectivity index (χ2n) is 7.20. The van der Waals surface area contributed by atoms with Crippen molar-refractivity contribution in [3.05, 3.63) is 45.9 Å². The van der Waals surface area contributed by atoms with Crippen LogP contribution in [-0.4, -0.2) is 29.9 Å². The molecule has 150 valence electrons. The van der Waals surface area contributed by atoms with Gasteiger partial charge in [-0.25, -0.2) is 9.98 Å². The first kappa shape index (κ1) is 20.3. The molecule has 0 saturated carbocycles. The molecule has 0 spiro atoms. The van der Waals surface area contributed by atoms with Gasteiger partial charge in [0.15, 0.2) is 5.96 Å². The molecule has 2 heterocycles. The van der Waals surface area contributed by atoms with Crippen molar-refractivity contribution in [3.8, 4) is 0 Å². The summed E-state index contributed by atoms with van der Waals surface area (Å²) in [5, 5.41) is 9.89. The minimum atomic E-state index is 0.215. The maximum atomic E-state index is 11.9. The Balaban J connectivity index is 1.58. The van der Waals surface area contributed by atoms with E-state index in [0.29, 0.717) is 25.4 Å². The molecule has 7 heteroatoms. The summed E-state index contributed by atoms with van der Waals surface area (Å²) in [6, 6.07) is 8.11. The highest BCUT2D eigenvalue weighted by Crippen LogP contribution is 2.22. The molecule has 0 aliphatic carbocycles. The number of rotatable bonds is 7. The summed E-state index contributed by atoms with van der Waals surface area (Å²) in [5.41, 5.74) is 3.13. The van der Waals surface area contributed by atoms with Gasteiger partial charge in [0.25, 0.3) is 0 Å². The molecule has 0 bridgehead atoms. The van der Waals surface area contributed by atoms with Crippen molar-refractivity contribution in [2.45, 2.75) is 52.6 Å². The number of aromatic nitrogens is 1. The number of carbonyl (C=O) groups is 1. The normalized spacial score (nSPS) is 14.8. The lowest BCUT2D eigenvalue weighted by molar-refractivity contribution is -0.117. The molecule has 0 radical (unpaired) electrons. The fraction of sp³-hybridized carbons (Fsp3) is 0.476. The van der Waals surface area contributed by atoms with Gasteiger partial charge in [-0.3, -0.25) is 4.79 Å². The van der Waals surface area contributed by atoms with Crippen LogP contribution in [0.2, 0.25) is 0 Å². The van der Waals surface area contributed by atoms with E-state index in [1.807, 2.05) is 29.2 Å². The van der Waals surface area contributed by atoms with Gasteiger partial charge in [0.2, 0.25) is 5.91 Å². The van der Waals surface area contributed by atoms with Crippen LogP contribution in [0.5, 0.6) is 0 Å². The van der Waals surface area contributed by atoms with Gasteiger partial charge >= 0.3 is 0 Å². The molecule has 1 aromatic heterocycles. The van der Waals surface area contributed by atoms with Crippen LogP contribution in [0.1, 0.15) is 55.8 Å². The molecule has 28 heavy (non-hydrogen) atoms. The van der Waals surface area contributed by atoms with E-state index < -0.39 is 0 Å². The molecule has 3 rings (SSSR count). The molecule has 0 atom stereocenters. The molecule has 2 N–H and O–H groups in total. The van der Waals surface area contributed by atoms with Gasteiger partial charge in [-0.2, -0.15) is 0 Å². The van der Waals surface area contributed by atoms with Crippen LogP contribution < -0.4 is 15.5 Å². The average molecular weight is 400 g/mol. The minimum Gasteiger partial charge on any atom is -0.357 e. The fourth-order valence-electron chi connectivity index (χ4n) is 3.06. The molecule has 0 unspecified atom stereocenters. The Kier molecular flexibility index (Phi) is 7.03. The van der Waals surface area contributed by atoms with Gasteiger partial charge in [0, 0.05) is 36.5 Å². The largest absolute Gasteiger partial charge is 0.357 e. The van der Waals surface area contributed by atoms with E-state index in [0.717, 1.165) is 47.4 Å². The Hall–Kier alpha value is -2.41. The lowest BCUT2D eigenvalue weighted by Gasteiger charge is -2.15. The number of hydrogen-bond donors (Lipinski definition) is 2. The number of hydrogen-bond acceptors (Lipinski definition) is 4. The zero-order valence-electron chi connectivity index (χ0n) is 16.9. The van der Waals surface area contributed by atoms with E-state index in [4.69, 9.17) is 0 Å². The number of thiazole rings is 1. The Morgan fingerprint density at radius 2 is 2.07 bits per heavy atom. The van der Waals surface area contributed by atoms with Crippen LogP contribution in [0.15, 0.2) is 34.6 Å². The molecule has 1 aliphatic heterocycles. The highest BCUT2D eigenvalue weighted by atomic mass is 32.1. The van der Waals surface area contributed by atoms with E-state index in [1.54, 1.807) is 11.3 Å². The number of carbonyl (C=O) groups excluding carboxylic acids is 1. The first-order valence-electron chi connectivity index (χ1n) is 9.92. The van der Waals surface area contributed by atoms with E-state index in [-0.39, 0.29) is 5.91 Å². The second-order valence-corrected chi connectivity index (χ2v) is 8.09. The third kappa shape index (κ3) is 5.32. The van der Waals surface area contributed by atoms with Gasteiger partial charge in [-0.1, -0.05) is 26.0 Å². The van der Waals surface area contributed by atoms with Crippen LogP contribution in [0.25, 0.3) is 0 Å². The maximum Gasteiger partial charge on any atom is 0.227 e. The standard InChI is InChI=1S/C21H29N5OS/c1-4-22-21(24-13-17-14-28-20(25-17)15(2)3)23-12-16-7-9-18(10-8-16)26-11-5-6-19(26)27/h7-10,14-15H,4-6,11-13H2,1-3H3,(H2,22,23,24). The van der Waals surface area contributed by atoms with Crippen LogP contribution in [0.3, 0.4) is 0 Å². The summed E-state index contributed by atoms with van der Waals surface area (Å²) in [4.78, 5) is 23.0. The maximum absolute atomic E-state index is 11.9. The van der Waals surface area contributed by atoms with Gasteiger partial charge in [-0.05, 0) is 31.0 Å². The zero-order valence-corrected chi connectivity index (χ0v) is 17.7. The first-order valence-corrected chi connectivity index (χ1v) is 10.8. The SMILES string of the molecule is CCNC(=NCc1ccc(N2CCCC2=O)cc1)NCc1csc(C(C)C)n1. The Morgan fingerprint density at radius 3 is 2.68 bits per heavy atom. The number of amides is 1. The van der Waals surface area contributed by atoms with E-state index in [1.165, 1.54) is 0 Å². The molecular weight excluding hydrogens is 370 g/mol. The number of nitrogens with one attached hydrogen (secondary N) is 2. The number of anilines is 1. The molecule has 1 aliphatic rings. The smallest absolute Gasteiger partial charge is 0.227 e. The van der Waals surface area contributed by atoms with E-state index in [2.05, 4.69) is 46.8 Å². The molecule has 2 aromatic rings. The molecule has 1 amide bonds. The van der Waals surface area contributed by atoms with Crippen molar-refractivity contribution in [2.24, 2.45) is 4.99 Å². The summed E-state index contributed by atoms with van der Waals surface area (Å²) < 4.78 is 0. The predicted molar refractivity (Wildman–Crippen MR) is 116 cm³/mol. The van der Waals surface area contributed by atoms with Crippen molar-refractivity contribution < 1.29 is 4.79 Å². The lowest BCUT2D eigenvalue weighted by Crippen LogP contribution is -2.36. The summed E-state index contributed by atoms with van der Waals surface area (Å²) in [5.74, 6) is 1.45. The van der Waals surface area contributed by atoms with Crippen molar-refractivity contribution in [2.75, 3.05) is 18.0 Å². The van der Waals surface area contributed by atoms with Crippen molar-refractivity contribution >= 4 is 28.9 Å². The van der Waals surface area contributed by atoms with Crippen LogP contribution in [-0.2, 0) is 17.9 Å². The molecule has 1 fully saturated rings. The van der Waals surface area contributed by atoms with Gasteiger partial charge in [-0.15, -0.1) is 11.3 Å². The molecular formula is C21H29N5OS. The monoisotopic (exact) mass is 399 g/mol. The van der Waals surface area contributed by atoms with Crippen LogP contribution >= 0.6 is 11.3 Å². The predicted octanol–water partition coefficient (Wildman–Crippen LogP) is 3.65. The van der Waals surface area contributed by atoms with Crippen LogP contribution in [0, 0.1) is 0 Å². The van der Waals surface area contributed by atoms with E-state index in [9.17, 15) is 4.79 Å². The first-order chi connectivity index (χ1) is 13.6. The van der Waals surface area contributed by atoms with Crippen molar-refractivity contribution in [1.29, 1.82) is 0 Å². The van der Waals surface area contributed by atoms with Crippen molar-refractivity contribution in [3.63, 3.8) is 0 Å². The third-order valence-electron chi connectivity index (χ3n) is 4.59. The molecule has 6 nitrogen and oxygen atoms in total. The number of benzene rings is 1. The quantitative estimate of drug-likeness (QED) is 0.551. The summed E-state index contributed by atoms with van der Waals surface area (Å²) in [6.45, 7) is 9.23. The number of guanidine groups is 1. The second kappa shape index (κ2) is 9.68. The molecule has 1 aromatic carbocycles. The molecule has 1 saturated heterocycles. The summed E-state index contributed by atoms with van der Waals surface area (Å²) >= 11 is 1.71. The van der Waals surface area contributed by atoms with Crippen molar-refractivity contribution in [1.82, 2.24) is 15.6 Å². The Bertz CT molecular complexity index is 812. The average Bonchev–Trinajstić information content (AvgIpc) is 3.33. The summed E-state index contributed by atoms with van der Waals surface area (Å²) in [7, 11) is 0. The lowest BCUT2D eigenvalue weighted by atomic mass is 10.2. The zero-order chi connectivity index (χ0) is 19.9. The highest BCUT2D eigenvalue weighted by molar-refractivity contribution is 7.09. The topological polar surface area (TPSA) is 69.6 Å². The Morgan fingerprint density at radius 1 is 1.29 bits per heavy atom. The minimum absolute atomic E-state index is 0.215. The fourth-order valence-corrected chi connectivity index (χ4v) is 3.89. The summed E-state index contributed by atoms with van der Waals surface area (Å²) in [6.07, 6.45) is 1.60. The number of nitrogens with zero attached hydrogens (tertiary/aromatic N) is 3. The van der Waals surface area contributed by atoms with Gasteiger partial charge in [0.05, 0.1) is 23.8 Å². The van der Waals surface area contributed by atoms with E-state index >= 15 is 0 Å². The number of aliphatic imine (C=N–C) groups is 1. The highest BCUT2D eigenvalue weighted by Gasteiger charge is 2.21. The van der Waals surface area contributed by atoms with Gasteiger partial charge < -0.3 is 15.5 Å². The van der Waals surface area contributed by atoms with Gasteiger partial charge in [0.1, 0.15) is 0 Å². The Labute approximate surface area is 171 Å². The third-order valence-corrected chi connectivity index (χ3v) is 5.78.